The molecule has 2 nitrogen and oxygen atoms in total. The maximum atomic E-state index is 8.35. The maximum absolute atomic E-state index is 8.35. The first-order valence-electron chi connectivity index (χ1n) is 4.39. The summed E-state index contributed by atoms with van der Waals surface area (Å²) < 4.78 is 1.10. The van der Waals surface area contributed by atoms with Gasteiger partial charge in [-0.25, -0.2) is 0 Å². The molecule has 0 aromatic carbocycles. The van der Waals surface area contributed by atoms with Gasteiger partial charge in [-0.2, -0.15) is 5.26 Å². The van der Waals surface area contributed by atoms with E-state index >= 15 is 0 Å². The number of hydrogen-bond acceptors (Lipinski definition) is 1. The summed E-state index contributed by atoms with van der Waals surface area (Å²) in [4.78, 5) is 0. The summed E-state index contributed by atoms with van der Waals surface area (Å²) in [5, 5.41) is 8.35. The number of unbranched alkanes of at least 4 members (excludes halogenated alkanes) is 1. The Balaban J connectivity index is 3.62. The lowest BCUT2D eigenvalue weighted by molar-refractivity contribution is -0.906. The predicted octanol–water partition coefficient (Wildman–Crippen LogP) is 1.78. The van der Waals surface area contributed by atoms with E-state index in [0.29, 0.717) is 6.42 Å². The van der Waals surface area contributed by atoms with Crippen molar-refractivity contribution in [3.63, 3.8) is 0 Å². The van der Waals surface area contributed by atoms with Gasteiger partial charge in [0, 0.05) is 12.8 Å². The van der Waals surface area contributed by atoms with Gasteiger partial charge in [0.15, 0.2) is 0 Å². The van der Waals surface area contributed by atoms with Gasteiger partial charge in [0.2, 0.25) is 0 Å². The van der Waals surface area contributed by atoms with E-state index in [4.69, 9.17) is 5.26 Å². The van der Waals surface area contributed by atoms with Crippen LogP contribution in [0.4, 0.5) is 0 Å². The molecule has 0 saturated carbocycles. The first kappa shape index (κ1) is 10.4. The van der Waals surface area contributed by atoms with Crippen molar-refractivity contribution in [1.29, 1.82) is 5.26 Å². The average Bonchev–Trinajstić information content (AvgIpc) is 2.05. The topological polar surface area (TPSA) is 23.8 Å². The molecule has 0 spiro atoms. The third-order valence-electron chi connectivity index (χ3n) is 2.51. The van der Waals surface area contributed by atoms with Crippen molar-refractivity contribution in [2.45, 2.75) is 26.7 Å². The molecule has 0 aliphatic carbocycles. The van der Waals surface area contributed by atoms with Crippen LogP contribution in [0.15, 0.2) is 0 Å². The van der Waals surface area contributed by atoms with Crippen molar-refractivity contribution >= 4 is 0 Å². The van der Waals surface area contributed by atoms with Crippen LogP contribution in [-0.4, -0.2) is 31.2 Å². The molecule has 11 heavy (non-hydrogen) atoms. The Morgan fingerprint density at radius 1 is 1.27 bits per heavy atom. The number of quaternary nitrogens is 1. The SMILES string of the molecule is CC[N+](C)(CC)CCCC#N. The van der Waals surface area contributed by atoms with Gasteiger partial charge in [-0.1, -0.05) is 0 Å². The molecule has 0 bridgehead atoms. The van der Waals surface area contributed by atoms with Gasteiger partial charge in [0.05, 0.1) is 32.8 Å². The Kier molecular flexibility index (Phi) is 4.89. The Bertz CT molecular complexity index is 131. The molecule has 0 aliphatic heterocycles. The summed E-state index contributed by atoms with van der Waals surface area (Å²) in [7, 11) is 2.25. The minimum absolute atomic E-state index is 0.702. The molecule has 0 rings (SSSR count). The molecule has 0 unspecified atom stereocenters. The molecular weight excluding hydrogens is 136 g/mol. The van der Waals surface area contributed by atoms with Crippen LogP contribution >= 0.6 is 0 Å². The molecule has 0 aromatic heterocycles. The zero-order valence-corrected chi connectivity index (χ0v) is 7.93. The van der Waals surface area contributed by atoms with Gasteiger partial charge in [-0.15, -0.1) is 0 Å². The fourth-order valence-electron chi connectivity index (χ4n) is 1.08. The number of nitriles is 1. The molecule has 64 valence electrons. The fourth-order valence-corrected chi connectivity index (χ4v) is 1.08. The van der Waals surface area contributed by atoms with Crippen LogP contribution in [-0.2, 0) is 0 Å². The second-order valence-corrected chi connectivity index (χ2v) is 3.24. The van der Waals surface area contributed by atoms with Gasteiger partial charge in [0.1, 0.15) is 0 Å². The van der Waals surface area contributed by atoms with E-state index in [0.717, 1.165) is 17.4 Å². The summed E-state index contributed by atoms with van der Waals surface area (Å²) in [5.74, 6) is 0. The summed E-state index contributed by atoms with van der Waals surface area (Å²) in [6.45, 7) is 7.89. The monoisotopic (exact) mass is 155 g/mol. The van der Waals surface area contributed by atoms with Crippen LogP contribution in [0.3, 0.4) is 0 Å². The molecule has 0 aliphatic rings. The van der Waals surface area contributed by atoms with Crippen molar-refractivity contribution in [2.24, 2.45) is 0 Å². The lowest BCUT2D eigenvalue weighted by Gasteiger charge is -2.31. The summed E-state index contributed by atoms with van der Waals surface area (Å²) in [6, 6.07) is 2.18. The van der Waals surface area contributed by atoms with Gasteiger partial charge in [0.25, 0.3) is 0 Å². The van der Waals surface area contributed by atoms with Gasteiger partial charge in [-0.05, 0) is 13.8 Å². The zero-order chi connectivity index (χ0) is 8.74. The summed E-state index contributed by atoms with van der Waals surface area (Å²) in [5.41, 5.74) is 0. The van der Waals surface area contributed by atoms with E-state index in [9.17, 15) is 0 Å². The van der Waals surface area contributed by atoms with Crippen molar-refractivity contribution in [1.82, 2.24) is 0 Å². The summed E-state index contributed by atoms with van der Waals surface area (Å²) in [6.07, 6.45) is 1.74. The second kappa shape index (κ2) is 5.15. The van der Waals surface area contributed by atoms with E-state index in [2.05, 4.69) is 27.0 Å². The highest BCUT2D eigenvalue weighted by atomic mass is 15.3. The molecule has 0 saturated heterocycles. The van der Waals surface area contributed by atoms with Crippen LogP contribution < -0.4 is 0 Å². The molecule has 0 radical (unpaired) electrons. The molecule has 2 heteroatoms. The number of rotatable bonds is 5. The van der Waals surface area contributed by atoms with Gasteiger partial charge < -0.3 is 4.48 Å². The Labute approximate surface area is 70.0 Å². The Morgan fingerprint density at radius 3 is 2.18 bits per heavy atom. The molecule has 0 atom stereocenters. The van der Waals surface area contributed by atoms with Crippen molar-refractivity contribution in [3.05, 3.63) is 0 Å². The highest BCUT2D eigenvalue weighted by Gasteiger charge is 2.14. The van der Waals surface area contributed by atoms with Gasteiger partial charge >= 0.3 is 0 Å². The standard InChI is InChI=1S/C9H19N2/c1-4-11(3,5-2)9-7-6-8-10/h4-7,9H2,1-3H3/q+1. The van der Waals surface area contributed by atoms with E-state index in [-0.39, 0.29) is 0 Å². The molecular formula is C9H19N2+. The lowest BCUT2D eigenvalue weighted by atomic mass is 10.2. The van der Waals surface area contributed by atoms with Crippen LogP contribution in [0.2, 0.25) is 0 Å². The Hall–Kier alpha value is -0.550. The fraction of sp³-hybridized carbons (Fsp3) is 0.889. The van der Waals surface area contributed by atoms with E-state index in [1.165, 1.54) is 13.1 Å². The van der Waals surface area contributed by atoms with Crippen molar-refractivity contribution in [3.8, 4) is 6.07 Å². The van der Waals surface area contributed by atoms with Crippen molar-refractivity contribution in [2.75, 3.05) is 26.7 Å². The maximum Gasteiger partial charge on any atom is 0.0794 e. The first-order valence-corrected chi connectivity index (χ1v) is 4.39. The van der Waals surface area contributed by atoms with E-state index in [1.807, 2.05) is 0 Å². The zero-order valence-electron chi connectivity index (χ0n) is 7.93. The largest absolute Gasteiger partial charge is 0.326 e. The van der Waals surface area contributed by atoms with Gasteiger partial charge in [-0.3, -0.25) is 0 Å². The summed E-state index contributed by atoms with van der Waals surface area (Å²) >= 11 is 0. The van der Waals surface area contributed by atoms with E-state index in [1.54, 1.807) is 0 Å². The minimum atomic E-state index is 0.702. The van der Waals surface area contributed by atoms with Crippen molar-refractivity contribution < 1.29 is 4.48 Å². The minimum Gasteiger partial charge on any atom is -0.326 e. The van der Waals surface area contributed by atoms with Crippen LogP contribution in [0.5, 0.6) is 0 Å². The third-order valence-corrected chi connectivity index (χ3v) is 2.51. The Morgan fingerprint density at radius 2 is 1.82 bits per heavy atom. The third kappa shape index (κ3) is 4.00. The quantitative estimate of drug-likeness (QED) is 0.438. The highest BCUT2D eigenvalue weighted by molar-refractivity contribution is 4.67. The smallest absolute Gasteiger partial charge is 0.0794 e. The van der Waals surface area contributed by atoms with Crippen LogP contribution in [0.1, 0.15) is 26.7 Å². The lowest BCUT2D eigenvalue weighted by Crippen LogP contribution is -2.44. The molecule has 0 heterocycles. The normalized spacial score (nSPS) is 11.1. The molecule has 0 N–H and O–H groups in total. The van der Waals surface area contributed by atoms with Crippen LogP contribution in [0, 0.1) is 11.3 Å². The second-order valence-electron chi connectivity index (χ2n) is 3.24. The molecule has 0 amide bonds. The number of nitrogens with zero attached hydrogens (tertiary/aromatic N) is 2. The molecule has 0 fully saturated rings. The molecule has 0 aromatic rings. The average molecular weight is 155 g/mol. The first-order chi connectivity index (χ1) is 5.18. The van der Waals surface area contributed by atoms with E-state index < -0.39 is 0 Å². The predicted molar refractivity (Wildman–Crippen MR) is 47.0 cm³/mol. The van der Waals surface area contributed by atoms with Crippen LogP contribution in [0.25, 0.3) is 0 Å². The number of hydrogen-bond donors (Lipinski definition) is 0. The highest BCUT2D eigenvalue weighted by Crippen LogP contribution is 2.03.